The molecule has 2 heterocycles. The number of benzene rings is 3. The molecule has 5 aromatic rings. The van der Waals surface area contributed by atoms with Crippen molar-refractivity contribution in [2.24, 2.45) is 0 Å². The third kappa shape index (κ3) is 3.63. The minimum Gasteiger partial charge on any atom is -0.478 e. The van der Waals surface area contributed by atoms with Crippen molar-refractivity contribution in [1.82, 2.24) is 4.98 Å². The number of carboxylic acids is 1. The highest BCUT2D eigenvalue weighted by Crippen LogP contribution is 2.33. The Hall–Kier alpha value is -4.32. The van der Waals surface area contributed by atoms with Crippen LogP contribution in [0.15, 0.2) is 75.9 Å². The summed E-state index contributed by atoms with van der Waals surface area (Å²) in [6, 6.07) is 20.1. The zero-order chi connectivity index (χ0) is 24.0. The molecule has 0 aliphatic heterocycles. The Morgan fingerprint density at radius 3 is 2.53 bits per heavy atom. The number of hydrogen-bond donors (Lipinski definition) is 3. The van der Waals surface area contributed by atoms with Gasteiger partial charge in [0.1, 0.15) is 5.58 Å². The first-order valence-electron chi connectivity index (χ1n) is 11.1. The van der Waals surface area contributed by atoms with Crippen molar-refractivity contribution in [3.8, 4) is 11.5 Å². The largest absolute Gasteiger partial charge is 0.478 e. The summed E-state index contributed by atoms with van der Waals surface area (Å²) in [6.45, 7) is 5.63. The number of aromatic carboxylic acids is 1. The molecule has 34 heavy (non-hydrogen) atoms. The highest BCUT2D eigenvalue weighted by molar-refractivity contribution is 5.94. The lowest BCUT2D eigenvalue weighted by Gasteiger charge is -2.19. The number of para-hydroxylation sites is 2. The third-order valence-corrected chi connectivity index (χ3v) is 6.16. The first kappa shape index (κ1) is 21.5. The molecule has 0 fully saturated rings. The predicted octanol–water partition coefficient (Wildman–Crippen LogP) is 6.43. The Morgan fingerprint density at radius 1 is 1.03 bits per heavy atom. The number of aromatic amines is 1. The fourth-order valence-corrected chi connectivity index (χ4v) is 4.45. The number of rotatable bonds is 5. The smallest absolute Gasteiger partial charge is 0.337 e. The zero-order valence-electron chi connectivity index (χ0n) is 19.1. The average molecular weight is 453 g/mol. The van der Waals surface area contributed by atoms with Gasteiger partial charge in [-0.05, 0) is 56.7 Å². The summed E-state index contributed by atoms with van der Waals surface area (Å²) in [7, 11) is 0. The highest BCUT2D eigenvalue weighted by Gasteiger charge is 2.21. The molecule has 0 bridgehead atoms. The number of carboxylic acid groups (broad SMARTS) is 1. The van der Waals surface area contributed by atoms with E-state index < -0.39 is 5.97 Å². The molecule has 6 nitrogen and oxygen atoms in total. The minimum absolute atomic E-state index is 0.0852. The minimum atomic E-state index is -1.01. The second kappa shape index (κ2) is 8.23. The van der Waals surface area contributed by atoms with Crippen LogP contribution in [0.1, 0.15) is 40.0 Å². The molecule has 0 amide bonds. The number of anilines is 1. The molecule has 2 aromatic heterocycles. The Labute approximate surface area is 195 Å². The second-order valence-corrected chi connectivity index (χ2v) is 8.60. The quantitative estimate of drug-likeness (QED) is 0.286. The number of carbonyl (C=O) groups is 1. The first-order valence-corrected chi connectivity index (χ1v) is 11.1. The topological polar surface area (TPSA) is 95.3 Å². The molecule has 0 radical (unpaired) electrons. The van der Waals surface area contributed by atoms with E-state index in [4.69, 9.17) is 4.42 Å². The lowest BCUT2D eigenvalue weighted by molar-refractivity contribution is 0.0698. The maximum absolute atomic E-state index is 13.4. The van der Waals surface area contributed by atoms with Gasteiger partial charge in [-0.1, -0.05) is 36.4 Å². The van der Waals surface area contributed by atoms with Gasteiger partial charge in [-0.3, -0.25) is 4.79 Å². The summed E-state index contributed by atoms with van der Waals surface area (Å²) >= 11 is 0. The van der Waals surface area contributed by atoms with Crippen molar-refractivity contribution in [3.63, 3.8) is 0 Å². The van der Waals surface area contributed by atoms with Crippen LogP contribution in [0.4, 0.5) is 5.69 Å². The Bertz CT molecular complexity index is 1590. The van der Waals surface area contributed by atoms with Crippen LogP contribution >= 0.6 is 0 Å². The van der Waals surface area contributed by atoms with Gasteiger partial charge in [0, 0.05) is 27.7 Å². The number of fused-ring (bicyclic) bond motifs is 2. The van der Waals surface area contributed by atoms with Gasteiger partial charge in [0.15, 0.2) is 11.2 Å². The molecule has 0 saturated heterocycles. The summed E-state index contributed by atoms with van der Waals surface area (Å²) in [5.74, 6) is -0.510. The van der Waals surface area contributed by atoms with E-state index in [9.17, 15) is 14.7 Å². The molecule has 3 N–H and O–H groups in total. The number of aromatic nitrogens is 1. The van der Waals surface area contributed by atoms with Gasteiger partial charge in [-0.2, -0.15) is 0 Å². The van der Waals surface area contributed by atoms with Crippen LogP contribution in [-0.4, -0.2) is 16.1 Å². The van der Waals surface area contributed by atoms with Gasteiger partial charge >= 0.3 is 5.97 Å². The third-order valence-electron chi connectivity index (χ3n) is 6.16. The maximum atomic E-state index is 13.4. The summed E-state index contributed by atoms with van der Waals surface area (Å²) < 4.78 is 6.42. The number of H-pyrrole nitrogens is 1. The Balaban J connectivity index is 1.68. The van der Waals surface area contributed by atoms with Crippen molar-refractivity contribution < 1.29 is 14.3 Å². The lowest BCUT2D eigenvalue weighted by Crippen LogP contribution is -2.14. The zero-order valence-corrected chi connectivity index (χ0v) is 19.1. The Morgan fingerprint density at radius 2 is 1.76 bits per heavy atom. The van der Waals surface area contributed by atoms with Crippen LogP contribution in [0, 0.1) is 13.8 Å². The molecular weight excluding hydrogens is 428 g/mol. The van der Waals surface area contributed by atoms with E-state index in [0.717, 1.165) is 27.7 Å². The van der Waals surface area contributed by atoms with Crippen molar-refractivity contribution in [1.29, 1.82) is 0 Å². The van der Waals surface area contributed by atoms with Crippen molar-refractivity contribution in [2.45, 2.75) is 26.8 Å². The number of aryl methyl sites for hydroxylation is 1. The number of hydrogen-bond acceptors (Lipinski definition) is 4. The average Bonchev–Trinajstić information content (AvgIpc) is 3.25. The molecule has 0 spiro atoms. The van der Waals surface area contributed by atoms with Gasteiger partial charge < -0.3 is 19.8 Å². The molecule has 5 rings (SSSR count). The maximum Gasteiger partial charge on any atom is 0.337 e. The molecule has 0 aliphatic carbocycles. The molecule has 170 valence electrons. The molecule has 6 heteroatoms. The molecule has 0 saturated carbocycles. The SMILES string of the molecule is Cc1cc(C(C)Nc2ccccc2C(=O)O)c2oc(-c3cc4ccccc4[nH]3)c(C)c(=O)c2c1. The van der Waals surface area contributed by atoms with Crippen molar-refractivity contribution in [3.05, 3.63) is 99.2 Å². The molecule has 3 aromatic carbocycles. The highest BCUT2D eigenvalue weighted by atomic mass is 16.4. The van der Waals surface area contributed by atoms with Crippen LogP contribution in [0.3, 0.4) is 0 Å². The van der Waals surface area contributed by atoms with Gasteiger partial charge in [-0.15, -0.1) is 0 Å². The molecule has 1 unspecified atom stereocenters. The summed E-state index contributed by atoms with van der Waals surface area (Å²) in [5.41, 5.74) is 5.03. The monoisotopic (exact) mass is 452 g/mol. The van der Waals surface area contributed by atoms with E-state index in [0.29, 0.717) is 28.0 Å². The fraction of sp³-hybridized carbons (Fsp3) is 0.143. The van der Waals surface area contributed by atoms with E-state index in [-0.39, 0.29) is 17.0 Å². The van der Waals surface area contributed by atoms with E-state index in [1.165, 1.54) is 0 Å². The van der Waals surface area contributed by atoms with Gasteiger partial charge in [0.05, 0.1) is 22.7 Å². The summed E-state index contributed by atoms with van der Waals surface area (Å²) in [4.78, 5) is 28.4. The van der Waals surface area contributed by atoms with Gasteiger partial charge in [0.25, 0.3) is 0 Å². The normalized spacial score (nSPS) is 12.2. The van der Waals surface area contributed by atoms with Crippen LogP contribution in [0.5, 0.6) is 0 Å². The van der Waals surface area contributed by atoms with Crippen LogP contribution < -0.4 is 10.7 Å². The van der Waals surface area contributed by atoms with E-state index in [2.05, 4.69) is 10.3 Å². The second-order valence-electron chi connectivity index (χ2n) is 8.60. The van der Waals surface area contributed by atoms with Crippen LogP contribution in [0.2, 0.25) is 0 Å². The lowest BCUT2D eigenvalue weighted by atomic mass is 9.99. The molecule has 0 aliphatic rings. The standard InChI is InChI=1S/C28H24N2O4/c1-15-12-20(17(3)29-23-11-7-5-9-19(23)28(32)33)27-21(13-15)25(31)16(2)26(34-27)24-14-18-8-4-6-10-22(18)30-24/h4-14,17,29-30H,1-3H3,(H,32,33). The van der Waals surface area contributed by atoms with E-state index in [1.54, 1.807) is 31.2 Å². The predicted molar refractivity (Wildman–Crippen MR) is 135 cm³/mol. The van der Waals surface area contributed by atoms with Crippen LogP contribution in [-0.2, 0) is 0 Å². The van der Waals surface area contributed by atoms with Gasteiger partial charge in [-0.25, -0.2) is 4.79 Å². The van der Waals surface area contributed by atoms with Crippen molar-refractivity contribution in [2.75, 3.05) is 5.32 Å². The first-order chi connectivity index (χ1) is 16.3. The van der Waals surface area contributed by atoms with E-state index >= 15 is 0 Å². The summed E-state index contributed by atoms with van der Waals surface area (Å²) in [6.07, 6.45) is 0. The van der Waals surface area contributed by atoms with Gasteiger partial charge in [0.2, 0.25) is 0 Å². The van der Waals surface area contributed by atoms with E-state index in [1.807, 2.05) is 56.3 Å². The number of nitrogens with one attached hydrogen (secondary N) is 2. The van der Waals surface area contributed by atoms with Crippen LogP contribution in [0.25, 0.3) is 33.3 Å². The molecule has 1 atom stereocenters. The fourth-order valence-electron chi connectivity index (χ4n) is 4.45. The van der Waals surface area contributed by atoms with Crippen molar-refractivity contribution >= 4 is 33.5 Å². The molecular formula is C28H24N2O4. The summed E-state index contributed by atoms with van der Waals surface area (Å²) in [5, 5.41) is 14.4. The Kier molecular flexibility index (Phi) is 5.21.